The Morgan fingerprint density at radius 3 is 2.39 bits per heavy atom. The van der Waals surface area contributed by atoms with Crippen molar-refractivity contribution in [2.45, 2.75) is 71.3 Å². The standard InChI is InChI=1S/C16H32N2/c1-4-14-6-5-7-16(12-14,13-17)18-10-8-15(2,3)9-11-18/h14H,4-13,17H2,1-3H3. The molecule has 0 aromatic carbocycles. The molecule has 0 aromatic rings. The van der Waals surface area contributed by atoms with Crippen LogP contribution in [-0.4, -0.2) is 30.1 Å². The highest BCUT2D eigenvalue weighted by Crippen LogP contribution is 2.41. The van der Waals surface area contributed by atoms with E-state index in [0.29, 0.717) is 11.0 Å². The molecule has 2 atom stereocenters. The molecule has 2 nitrogen and oxygen atoms in total. The maximum atomic E-state index is 6.21. The zero-order valence-electron chi connectivity index (χ0n) is 12.7. The number of likely N-dealkylation sites (tertiary alicyclic amines) is 1. The van der Waals surface area contributed by atoms with Crippen LogP contribution in [0.2, 0.25) is 0 Å². The molecule has 1 aliphatic carbocycles. The van der Waals surface area contributed by atoms with Crippen LogP contribution in [0.25, 0.3) is 0 Å². The molecule has 1 saturated heterocycles. The highest BCUT2D eigenvalue weighted by atomic mass is 15.2. The van der Waals surface area contributed by atoms with Gasteiger partial charge in [0, 0.05) is 12.1 Å². The van der Waals surface area contributed by atoms with E-state index in [1.807, 2.05) is 0 Å². The van der Waals surface area contributed by atoms with E-state index in [2.05, 4.69) is 25.7 Å². The largest absolute Gasteiger partial charge is 0.329 e. The minimum absolute atomic E-state index is 0.343. The Morgan fingerprint density at radius 1 is 1.17 bits per heavy atom. The molecule has 2 aliphatic rings. The van der Waals surface area contributed by atoms with Crippen LogP contribution >= 0.6 is 0 Å². The lowest BCUT2D eigenvalue weighted by molar-refractivity contribution is -0.00512. The van der Waals surface area contributed by atoms with Gasteiger partial charge in [0.15, 0.2) is 0 Å². The highest BCUT2D eigenvalue weighted by molar-refractivity contribution is 4.98. The molecule has 2 unspecified atom stereocenters. The van der Waals surface area contributed by atoms with E-state index in [0.717, 1.165) is 12.5 Å². The van der Waals surface area contributed by atoms with Crippen molar-refractivity contribution in [3.8, 4) is 0 Å². The van der Waals surface area contributed by atoms with Gasteiger partial charge >= 0.3 is 0 Å². The van der Waals surface area contributed by atoms with E-state index in [4.69, 9.17) is 5.73 Å². The fourth-order valence-electron chi connectivity index (χ4n) is 4.00. The van der Waals surface area contributed by atoms with Crippen molar-refractivity contribution in [2.75, 3.05) is 19.6 Å². The van der Waals surface area contributed by atoms with Gasteiger partial charge in [0.25, 0.3) is 0 Å². The fourth-order valence-corrected chi connectivity index (χ4v) is 4.00. The lowest BCUT2D eigenvalue weighted by atomic mass is 9.71. The van der Waals surface area contributed by atoms with Crippen molar-refractivity contribution in [3.63, 3.8) is 0 Å². The SMILES string of the molecule is CCC1CCCC(CN)(N2CCC(C)(C)CC2)C1. The van der Waals surface area contributed by atoms with Gasteiger partial charge in [-0.05, 0) is 50.1 Å². The summed E-state index contributed by atoms with van der Waals surface area (Å²) in [7, 11) is 0. The lowest BCUT2D eigenvalue weighted by Crippen LogP contribution is -2.59. The van der Waals surface area contributed by atoms with Crippen LogP contribution in [-0.2, 0) is 0 Å². The molecule has 2 rings (SSSR count). The molecule has 2 heteroatoms. The molecule has 1 saturated carbocycles. The predicted octanol–water partition coefficient (Wildman–Crippen LogP) is 3.41. The van der Waals surface area contributed by atoms with Crippen LogP contribution in [0.5, 0.6) is 0 Å². The maximum Gasteiger partial charge on any atom is 0.0334 e. The monoisotopic (exact) mass is 252 g/mol. The van der Waals surface area contributed by atoms with Gasteiger partial charge in [-0.1, -0.05) is 40.0 Å². The van der Waals surface area contributed by atoms with Gasteiger partial charge in [-0.2, -0.15) is 0 Å². The van der Waals surface area contributed by atoms with Crippen molar-refractivity contribution in [2.24, 2.45) is 17.1 Å². The Hall–Kier alpha value is -0.0800. The van der Waals surface area contributed by atoms with E-state index in [9.17, 15) is 0 Å². The summed E-state index contributed by atoms with van der Waals surface area (Å²) in [5.41, 5.74) is 7.10. The Kier molecular flexibility index (Phi) is 4.38. The molecule has 0 aromatic heterocycles. The topological polar surface area (TPSA) is 29.3 Å². The average Bonchev–Trinajstić information content (AvgIpc) is 2.38. The summed E-state index contributed by atoms with van der Waals surface area (Å²) in [5, 5.41) is 0. The predicted molar refractivity (Wildman–Crippen MR) is 78.6 cm³/mol. The lowest BCUT2D eigenvalue weighted by Gasteiger charge is -2.52. The van der Waals surface area contributed by atoms with Gasteiger partial charge in [-0.25, -0.2) is 0 Å². The zero-order chi connectivity index (χ0) is 13.2. The smallest absolute Gasteiger partial charge is 0.0334 e. The van der Waals surface area contributed by atoms with E-state index < -0.39 is 0 Å². The molecule has 106 valence electrons. The summed E-state index contributed by atoms with van der Waals surface area (Å²) < 4.78 is 0. The van der Waals surface area contributed by atoms with Crippen molar-refractivity contribution < 1.29 is 0 Å². The van der Waals surface area contributed by atoms with Crippen LogP contribution in [0, 0.1) is 11.3 Å². The fraction of sp³-hybridized carbons (Fsp3) is 1.00. The van der Waals surface area contributed by atoms with Crippen molar-refractivity contribution in [1.29, 1.82) is 0 Å². The minimum atomic E-state index is 0.343. The zero-order valence-corrected chi connectivity index (χ0v) is 12.7. The Morgan fingerprint density at radius 2 is 1.83 bits per heavy atom. The first-order chi connectivity index (χ1) is 8.51. The number of hydrogen-bond donors (Lipinski definition) is 1. The first-order valence-electron chi connectivity index (χ1n) is 7.96. The second-order valence-electron chi connectivity index (χ2n) is 7.45. The summed E-state index contributed by atoms with van der Waals surface area (Å²) in [6, 6.07) is 0. The third-order valence-electron chi connectivity index (χ3n) is 5.67. The molecule has 1 aliphatic heterocycles. The number of nitrogens with zero attached hydrogens (tertiary/aromatic N) is 1. The molecule has 2 N–H and O–H groups in total. The second-order valence-corrected chi connectivity index (χ2v) is 7.45. The maximum absolute atomic E-state index is 6.21. The van der Waals surface area contributed by atoms with Crippen molar-refractivity contribution >= 4 is 0 Å². The van der Waals surface area contributed by atoms with Gasteiger partial charge in [0.2, 0.25) is 0 Å². The molecule has 0 amide bonds. The molecule has 0 radical (unpaired) electrons. The van der Waals surface area contributed by atoms with Gasteiger partial charge in [-0.3, -0.25) is 4.90 Å². The summed E-state index contributed by atoms with van der Waals surface area (Å²) >= 11 is 0. The highest BCUT2D eigenvalue weighted by Gasteiger charge is 2.41. The number of hydrogen-bond acceptors (Lipinski definition) is 2. The third kappa shape index (κ3) is 2.91. The van der Waals surface area contributed by atoms with Gasteiger partial charge in [0.05, 0.1) is 0 Å². The summed E-state index contributed by atoms with van der Waals surface area (Å²) in [6.45, 7) is 10.6. The summed E-state index contributed by atoms with van der Waals surface area (Å²) in [4.78, 5) is 2.75. The minimum Gasteiger partial charge on any atom is -0.329 e. The summed E-state index contributed by atoms with van der Waals surface area (Å²) in [6.07, 6.45) is 9.51. The van der Waals surface area contributed by atoms with Gasteiger partial charge in [-0.15, -0.1) is 0 Å². The molecule has 1 heterocycles. The van der Waals surface area contributed by atoms with E-state index in [1.54, 1.807) is 0 Å². The Labute approximate surface area is 113 Å². The molecule has 2 fully saturated rings. The number of piperidine rings is 1. The van der Waals surface area contributed by atoms with Crippen LogP contribution in [0.15, 0.2) is 0 Å². The van der Waals surface area contributed by atoms with E-state index >= 15 is 0 Å². The first-order valence-corrected chi connectivity index (χ1v) is 7.96. The first kappa shape index (κ1) is 14.3. The summed E-state index contributed by atoms with van der Waals surface area (Å²) in [5.74, 6) is 0.914. The normalized spacial score (nSPS) is 37.7. The third-order valence-corrected chi connectivity index (χ3v) is 5.67. The van der Waals surface area contributed by atoms with Crippen LogP contribution in [0.1, 0.15) is 65.7 Å². The van der Waals surface area contributed by atoms with Gasteiger partial charge < -0.3 is 5.73 Å². The van der Waals surface area contributed by atoms with Crippen LogP contribution in [0.4, 0.5) is 0 Å². The van der Waals surface area contributed by atoms with Crippen LogP contribution in [0.3, 0.4) is 0 Å². The quantitative estimate of drug-likeness (QED) is 0.834. The van der Waals surface area contributed by atoms with Crippen LogP contribution < -0.4 is 5.73 Å². The molecular weight excluding hydrogens is 220 g/mol. The molecule has 0 spiro atoms. The van der Waals surface area contributed by atoms with E-state index in [1.165, 1.54) is 58.0 Å². The number of rotatable bonds is 3. The Bertz CT molecular complexity index is 264. The van der Waals surface area contributed by atoms with Crippen molar-refractivity contribution in [1.82, 2.24) is 4.90 Å². The van der Waals surface area contributed by atoms with E-state index in [-0.39, 0.29) is 0 Å². The van der Waals surface area contributed by atoms with Gasteiger partial charge in [0.1, 0.15) is 0 Å². The molecule has 18 heavy (non-hydrogen) atoms. The van der Waals surface area contributed by atoms with Crippen molar-refractivity contribution in [3.05, 3.63) is 0 Å². The molecular formula is C16H32N2. The number of nitrogens with two attached hydrogens (primary N) is 1. The Balaban J connectivity index is 2.03. The second kappa shape index (κ2) is 5.50. The average molecular weight is 252 g/mol. The molecule has 0 bridgehead atoms.